The summed E-state index contributed by atoms with van der Waals surface area (Å²) in [5.74, 6) is 6.80. The van der Waals surface area contributed by atoms with Crippen LogP contribution in [0.2, 0.25) is 5.02 Å². The number of nitrogens with two attached hydrogens (primary N) is 2. The van der Waals surface area contributed by atoms with Gasteiger partial charge in [-0.2, -0.15) is 0 Å². The number of hydrogen-bond donors (Lipinski definition) is 2. The molecule has 10 heteroatoms. The lowest BCUT2D eigenvalue weighted by molar-refractivity contribution is -0.140. The standard InChI is InChI=1S/C27H31ClN4O4S/c1-31(37-20-6-9-25-26(14-20)36-11-10-35-25)16-19-12-17(4-7-22(19)28)21(15-27(33)34-3)18-5-8-24(32(2)30)23(29)13-18/h4-9,12-14,21H,10-11,15-16,29-30H2,1-3H3. The maximum atomic E-state index is 12.3. The molecule has 3 aromatic rings. The summed E-state index contributed by atoms with van der Waals surface area (Å²) >= 11 is 8.18. The Morgan fingerprint density at radius 1 is 1.05 bits per heavy atom. The number of esters is 1. The number of carbonyl (C=O) groups is 1. The van der Waals surface area contributed by atoms with E-state index in [1.165, 1.54) is 12.1 Å². The number of hydrazine groups is 1. The molecule has 0 radical (unpaired) electrons. The van der Waals surface area contributed by atoms with Gasteiger partial charge in [0, 0.05) is 29.4 Å². The summed E-state index contributed by atoms with van der Waals surface area (Å²) < 4.78 is 18.4. The number of nitrogen functional groups attached to an aromatic ring is 1. The van der Waals surface area contributed by atoms with Crippen molar-refractivity contribution < 1.29 is 19.0 Å². The third-order valence-corrected chi connectivity index (χ3v) is 7.35. The van der Waals surface area contributed by atoms with Gasteiger partial charge in [0.2, 0.25) is 0 Å². The number of anilines is 2. The van der Waals surface area contributed by atoms with Gasteiger partial charge in [-0.3, -0.25) is 4.79 Å². The number of rotatable bonds is 9. The molecule has 0 amide bonds. The number of hydrogen-bond acceptors (Lipinski definition) is 9. The highest BCUT2D eigenvalue weighted by Crippen LogP contribution is 2.37. The number of benzene rings is 3. The van der Waals surface area contributed by atoms with Gasteiger partial charge in [-0.25, -0.2) is 10.1 Å². The highest BCUT2D eigenvalue weighted by atomic mass is 35.5. The fourth-order valence-electron chi connectivity index (χ4n) is 4.25. The van der Waals surface area contributed by atoms with Crippen molar-refractivity contribution in [2.75, 3.05) is 45.2 Å². The minimum absolute atomic E-state index is 0.163. The lowest BCUT2D eigenvalue weighted by Crippen LogP contribution is -2.26. The zero-order valence-corrected chi connectivity index (χ0v) is 22.6. The number of methoxy groups -OCH3 is 1. The van der Waals surface area contributed by atoms with Crippen molar-refractivity contribution in [3.63, 3.8) is 0 Å². The first-order valence-electron chi connectivity index (χ1n) is 11.8. The second-order valence-electron chi connectivity index (χ2n) is 8.80. The number of halogens is 1. The van der Waals surface area contributed by atoms with Gasteiger partial charge in [0.1, 0.15) is 13.2 Å². The van der Waals surface area contributed by atoms with Crippen LogP contribution in [0.15, 0.2) is 59.5 Å². The molecule has 0 aromatic heterocycles. The molecule has 0 saturated heterocycles. The van der Waals surface area contributed by atoms with Crippen LogP contribution in [0.3, 0.4) is 0 Å². The quantitative estimate of drug-likeness (QED) is 0.129. The Hall–Kier alpha value is -3.11. The van der Waals surface area contributed by atoms with Crippen molar-refractivity contribution in [2.24, 2.45) is 5.84 Å². The van der Waals surface area contributed by atoms with Crippen LogP contribution >= 0.6 is 23.5 Å². The Bertz CT molecular complexity index is 1270. The van der Waals surface area contributed by atoms with Gasteiger partial charge in [-0.1, -0.05) is 29.8 Å². The summed E-state index contributed by atoms with van der Waals surface area (Å²) in [7, 11) is 5.11. The first kappa shape index (κ1) is 26.9. The zero-order valence-electron chi connectivity index (χ0n) is 21.1. The molecule has 0 spiro atoms. The number of fused-ring (bicyclic) bond motifs is 1. The van der Waals surface area contributed by atoms with Gasteiger partial charge in [0.25, 0.3) is 0 Å². The molecule has 4 N–H and O–H groups in total. The van der Waals surface area contributed by atoms with Gasteiger partial charge in [-0.15, -0.1) is 0 Å². The topological polar surface area (TPSA) is 103 Å². The second kappa shape index (κ2) is 12.0. The van der Waals surface area contributed by atoms with Crippen molar-refractivity contribution in [2.45, 2.75) is 23.8 Å². The predicted octanol–water partition coefficient (Wildman–Crippen LogP) is 4.84. The average Bonchev–Trinajstić information content (AvgIpc) is 2.88. The highest BCUT2D eigenvalue weighted by molar-refractivity contribution is 7.97. The number of carbonyl (C=O) groups excluding carboxylic acids is 1. The van der Waals surface area contributed by atoms with Crippen molar-refractivity contribution in [1.82, 2.24) is 4.31 Å². The normalized spacial score (nSPS) is 13.4. The van der Waals surface area contributed by atoms with Crippen LogP contribution in [0.5, 0.6) is 11.5 Å². The van der Waals surface area contributed by atoms with Gasteiger partial charge < -0.3 is 25.0 Å². The Morgan fingerprint density at radius 3 is 2.46 bits per heavy atom. The predicted molar refractivity (Wildman–Crippen MR) is 148 cm³/mol. The smallest absolute Gasteiger partial charge is 0.306 e. The molecule has 1 aliphatic heterocycles. The van der Waals surface area contributed by atoms with Crippen LogP contribution in [0.4, 0.5) is 11.4 Å². The van der Waals surface area contributed by atoms with Crippen molar-refractivity contribution in [3.05, 3.63) is 76.3 Å². The van der Waals surface area contributed by atoms with E-state index in [-0.39, 0.29) is 18.3 Å². The first-order valence-corrected chi connectivity index (χ1v) is 12.9. The van der Waals surface area contributed by atoms with Crippen molar-refractivity contribution >= 4 is 40.9 Å². The van der Waals surface area contributed by atoms with E-state index in [0.717, 1.165) is 33.1 Å². The fourth-order valence-corrected chi connectivity index (χ4v) is 5.28. The largest absolute Gasteiger partial charge is 0.486 e. The van der Waals surface area contributed by atoms with Crippen molar-refractivity contribution in [1.29, 1.82) is 0 Å². The third kappa shape index (κ3) is 6.61. The van der Waals surface area contributed by atoms with Crippen LogP contribution < -0.4 is 26.1 Å². The van der Waals surface area contributed by atoms with E-state index in [4.69, 9.17) is 37.4 Å². The summed E-state index contributed by atoms with van der Waals surface area (Å²) in [6.45, 7) is 1.69. The summed E-state index contributed by atoms with van der Waals surface area (Å²) in [5.41, 5.74) is 10.3. The lowest BCUT2D eigenvalue weighted by Gasteiger charge is -2.23. The van der Waals surface area contributed by atoms with E-state index in [1.54, 1.807) is 19.0 Å². The van der Waals surface area contributed by atoms with E-state index in [2.05, 4.69) is 4.31 Å². The maximum Gasteiger partial charge on any atom is 0.306 e. The Labute approximate surface area is 226 Å². The summed E-state index contributed by atoms with van der Waals surface area (Å²) in [4.78, 5) is 13.4. The molecule has 3 aromatic carbocycles. The summed E-state index contributed by atoms with van der Waals surface area (Å²) in [6, 6.07) is 17.4. The summed E-state index contributed by atoms with van der Waals surface area (Å²) in [6.07, 6.45) is 0.163. The van der Waals surface area contributed by atoms with Gasteiger partial charge in [0.15, 0.2) is 11.5 Å². The Balaban J connectivity index is 1.57. The molecule has 1 atom stereocenters. The molecule has 1 heterocycles. The molecule has 4 rings (SSSR count). The van der Waals surface area contributed by atoms with E-state index in [1.807, 2.05) is 61.6 Å². The molecule has 0 saturated carbocycles. The van der Waals surface area contributed by atoms with Crippen LogP contribution in [0, 0.1) is 0 Å². The van der Waals surface area contributed by atoms with Gasteiger partial charge in [0.05, 0.1) is 24.9 Å². The van der Waals surface area contributed by atoms with E-state index in [0.29, 0.717) is 36.2 Å². The summed E-state index contributed by atoms with van der Waals surface area (Å²) in [5, 5.41) is 2.11. The molecule has 0 bridgehead atoms. The fraction of sp³-hybridized carbons (Fsp3) is 0.296. The van der Waals surface area contributed by atoms with Crippen molar-refractivity contribution in [3.8, 4) is 11.5 Å². The lowest BCUT2D eigenvalue weighted by atomic mass is 9.87. The van der Waals surface area contributed by atoms with Gasteiger partial charge in [-0.05, 0) is 72.1 Å². The number of ether oxygens (including phenoxy) is 3. The van der Waals surface area contributed by atoms with E-state index in [9.17, 15) is 4.79 Å². The van der Waals surface area contributed by atoms with Crippen LogP contribution in [-0.2, 0) is 16.1 Å². The van der Waals surface area contributed by atoms with Gasteiger partial charge >= 0.3 is 5.97 Å². The average molecular weight is 543 g/mol. The van der Waals surface area contributed by atoms with Crippen LogP contribution in [-0.4, -0.2) is 44.7 Å². The highest BCUT2D eigenvalue weighted by Gasteiger charge is 2.22. The molecule has 0 aliphatic carbocycles. The molecule has 0 fully saturated rings. The third-order valence-electron chi connectivity index (χ3n) is 6.07. The monoisotopic (exact) mass is 542 g/mol. The Morgan fingerprint density at radius 2 is 1.76 bits per heavy atom. The maximum absolute atomic E-state index is 12.3. The zero-order chi connectivity index (χ0) is 26.5. The van der Waals surface area contributed by atoms with E-state index >= 15 is 0 Å². The minimum atomic E-state index is -0.314. The molecule has 8 nitrogen and oxygen atoms in total. The van der Waals surface area contributed by atoms with E-state index < -0.39 is 0 Å². The van der Waals surface area contributed by atoms with Crippen LogP contribution in [0.25, 0.3) is 0 Å². The van der Waals surface area contributed by atoms with Crippen LogP contribution in [0.1, 0.15) is 29.0 Å². The SMILES string of the molecule is COC(=O)CC(c1ccc(N(C)N)c(N)c1)c1ccc(Cl)c(CN(C)Sc2ccc3c(c2)OCCO3)c1. The molecule has 1 unspecified atom stereocenters. The molecule has 196 valence electrons. The molecular weight excluding hydrogens is 512 g/mol. The molecular formula is C27H31ClN4O4S. The second-order valence-corrected chi connectivity index (χ2v) is 10.5. The Kier molecular flexibility index (Phi) is 8.71. The minimum Gasteiger partial charge on any atom is -0.486 e. The number of nitrogens with zero attached hydrogens (tertiary/aromatic N) is 2. The molecule has 37 heavy (non-hydrogen) atoms. The first-order chi connectivity index (χ1) is 17.7. The molecule has 1 aliphatic rings.